The Morgan fingerprint density at radius 2 is 1.96 bits per heavy atom. The summed E-state index contributed by atoms with van der Waals surface area (Å²) >= 11 is 6.30. The number of benzene rings is 1. The Morgan fingerprint density at radius 1 is 1.19 bits per heavy atom. The molecule has 1 atom stereocenters. The van der Waals surface area contributed by atoms with Gasteiger partial charge in [0.15, 0.2) is 5.82 Å². The van der Waals surface area contributed by atoms with Gasteiger partial charge in [0, 0.05) is 36.8 Å². The number of nitrogens with zero attached hydrogens (tertiary/aromatic N) is 4. The normalized spacial score (nSPS) is 18.9. The number of hydrogen-bond donors (Lipinski definition) is 0. The maximum atomic E-state index is 13.1. The van der Waals surface area contributed by atoms with Crippen molar-refractivity contribution in [2.75, 3.05) is 11.5 Å². The second-order valence-electron chi connectivity index (χ2n) is 6.36. The molecule has 0 spiro atoms. The van der Waals surface area contributed by atoms with Crippen molar-refractivity contribution < 1.29 is 9.53 Å². The Kier molecular flexibility index (Phi) is 3.73. The van der Waals surface area contributed by atoms with Crippen LogP contribution >= 0.6 is 11.8 Å². The smallest absolute Gasteiger partial charge is 0.256 e. The van der Waals surface area contributed by atoms with E-state index in [9.17, 15) is 4.79 Å². The third-order valence-corrected chi connectivity index (χ3v) is 5.27. The van der Waals surface area contributed by atoms with E-state index in [1.807, 2.05) is 55.1 Å². The minimum Gasteiger partial charge on any atom is -0.495 e. The molecule has 0 bridgehead atoms. The predicted octanol–water partition coefficient (Wildman–Crippen LogP) is 3.30. The second-order valence-corrected chi connectivity index (χ2v) is 6.70. The largest absolute Gasteiger partial charge is 0.495 e. The first-order valence-electron chi connectivity index (χ1n) is 8.10. The van der Waals surface area contributed by atoms with Gasteiger partial charge in [-0.25, -0.2) is 14.4 Å². The zero-order chi connectivity index (χ0) is 18.5. The molecule has 1 unspecified atom stereocenters. The zero-order valence-corrected chi connectivity index (χ0v) is 15.4. The summed E-state index contributed by atoms with van der Waals surface area (Å²) < 4.78 is 8.57. The maximum Gasteiger partial charge on any atom is 0.256 e. The summed E-state index contributed by atoms with van der Waals surface area (Å²) in [6, 6.07) is 9.35. The van der Waals surface area contributed by atoms with Crippen molar-refractivity contribution in [1.82, 2.24) is 14.5 Å². The van der Waals surface area contributed by atoms with E-state index in [2.05, 4.69) is 9.97 Å². The van der Waals surface area contributed by atoms with Crippen molar-refractivity contribution in [2.45, 2.75) is 12.3 Å². The first-order valence-corrected chi connectivity index (χ1v) is 8.44. The molecular formula is C19H17ClN4O2. The molecular weight excluding hydrogens is 352 g/mol. The van der Waals surface area contributed by atoms with E-state index in [1.54, 1.807) is 19.5 Å². The van der Waals surface area contributed by atoms with Crippen LogP contribution in [0.5, 0.6) is 5.75 Å². The number of imidazole rings is 1. The molecule has 0 aliphatic carbocycles. The number of aromatic nitrogens is 3. The number of amides is 1. The lowest BCUT2D eigenvalue weighted by atomic mass is 9.77. The van der Waals surface area contributed by atoms with Crippen LogP contribution in [0.1, 0.15) is 18.1 Å². The molecule has 1 aliphatic heterocycles. The van der Waals surface area contributed by atoms with Gasteiger partial charge in [-0.15, -0.1) is 0 Å². The Morgan fingerprint density at radius 3 is 2.65 bits per heavy atom. The molecule has 0 saturated heterocycles. The molecule has 0 fully saturated rings. The number of fused-ring (bicyclic) bond motifs is 1. The fourth-order valence-electron chi connectivity index (χ4n) is 3.48. The van der Waals surface area contributed by atoms with Crippen LogP contribution in [0.25, 0.3) is 11.5 Å². The van der Waals surface area contributed by atoms with E-state index in [-0.39, 0.29) is 5.91 Å². The van der Waals surface area contributed by atoms with Crippen molar-refractivity contribution in [3.8, 4) is 17.3 Å². The maximum absolute atomic E-state index is 13.1. The van der Waals surface area contributed by atoms with Crippen molar-refractivity contribution in [3.05, 3.63) is 60.0 Å². The minimum absolute atomic E-state index is 0.226. The summed E-state index contributed by atoms with van der Waals surface area (Å²) in [5, 5.41) is 0. The number of hydrogen-bond acceptors (Lipinski definition) is 4. The fraction of sp³-hybridized carbons (Fsp3) is 0.211. The van der Waals surface area contributed by atoms with Gasteiger partial charge in [-0.2, -0.15) is 0 Å². The number of pyridine rings is 1. The molecule has 132 valence electrons. The van der Waals surface area contributed by atoms with Gasteiger partial charge in [-0.05, 0) is 24.6 Å². The lowest BCUT2D eigenvalue weighted by Gasteiger charge is -2.25. The quantitative estimate of drug-likeness (QED) is 0.665. The molecule has 1 aliphatic rings. The predicted molar refractivity (Wildman–Crippen MR) is 99.2 cm³/mol. The van der Waals surface area contributed by atoms with E-state index in [4.69, 9.17) is 16.5 Å². The van der Waals surface area contributed by atoms with Crippen LogP contribution < -0.4 is 9.16 Å². The van der Waals surface area contributed by atoms with Crippen molar-refractivity contribution in [2.24, 2.45) is 7.05 Å². The van der Waals surface area contributed by atoms with Gasteiger partial charge in [0.1, 0.15) is 16.9 Å². The lowest BCUT2D eigenvalue weighted by molar-refractivity contribution is -0.120. The number of para-hydroxylation sites is 1. The molecule has 2 aromatic heterocycles. The number of methoxy groups -OCH3 is 1. The van der Waals surface area contributed by atoms with Crippen molar-refractivity contribution in [1.29, 1.82) is 0 Å². The van der Waals surface area contributed by atoms with Crippen LogP contribution in [0.2, 0.25) is 0 Å². The summed E-state index contributed by atoms with van der Waals surface area (Å²) in [5.74, 6) is 1.01. The SMILES string of the molecule is COc1cnc(-c2nccn2C)cc1C1(C)C(=O)N(Cl)c2ccccc21. The van der Waals surface area contributed by atoms with Gasteiger partial charge in [0.25, 0.3) is 5.91 Å². The standard InChI is InChI=1S/C19H17ClN4O2/c1-19(12-6-4-5-7-15(12)24(20)18(19)25)13-10-14(22-11-16(13)26-3)17-21-8-9-23(17)2/h4-11H,1-3H3. The Labute approximate surface area is 156 Å². The van der Waals surface area contributed by atoms with Crippen molar-refractivity contribution in [3.63, 3.8) is 0 Å². The molecule has 3 aromatic rings. The van der Waals surface area contributed by atoms with E-state index in [0.29, 0.717) is 28.5 Å². The number of rotatable bonds is 3. The molecule has 7 heteroatoms. The Balaban J connectivity index is 1.97. The Hall–Kier alpha value is -2.86. The molecule has 1 amide bonds. The fourth-order valence-corrected chi connectivity index (χ4v) is 3.80. The van der Waals surface area contributed by atoms with Gasteiger partial charge in [-0.3, -0.25) is 4.79 Å². The summed E-state index contributed by atoms with van der Waals surface area (Å²) in [6.07, 6.45) is 5.18. The topological polar surface area (TPSA) is 60.3 Å². The van der Waals surface area contributed by atoms with Crippen LogP contribution in [0.3, 0.4) is 0 Å². The van der Waals surface area contributed by atoms with E-state index >= 15 is 0 Å². The van der Waals surface area contributed by atoms with Gasteiger partial charge in [0.05, 0.1) is 19.0 Å². The first kappa shape index (κ1) is 16.6. The third kappa shape index (κ3) is 2.15. The highest BCUT2D eigenvalue weighted by atomic mass is 35.5. The second kappa shape index (κ2) is 5.85. The highest BCUT2D eigenvalue weighted by Gasteiger charge is 2.50. The first-order chi connectivity index (χ1) is 12.5. The summed E-state index contributed by atoms with van der Waals surface area (Å²) in [5.41, 5.74) is 1.89. The Bertz CT molecular complexity index is 1020. The molecule has 4 rings (SSSR count). The van der Waals surface area contributed by atoms with Crippen LogP contribution in [-0.2, 0) is 17.3 Å². The summed E-state index contributed by atoms with van der Waals surface area (Å²) in [7, 11) is 3.46. The molecule has 26 heavy (non-hydrogen) atoms. The highest BCUT2D eigenvalue weighted by Crippen LogP contribution is 2.49. The van der Waals surface area contributed by atoms with Crippen LogP contribution in [0.15, 0.2) is 48.9 Å². The van der Waals surface area contributed by atoms with Crippen molar-refractivity contribution >= 4 is 23.4 Å². The van der Waals surface area contributed by atoms with E-state index in [0.717, 1.165) is 5.56 Å². The molecule has 1 aromatic carbocycles. The number of carbonyl (C=O) groups is 1. The minimum atomic E-state index is -0.980. The van der Waals surface area contributed by atoms with Crippen LogP contribution in [0, 0.1) is 0 Å². The molecule has 6 nitrogen and oxygen atoms in total. The number of aryl methyl sites for hydroxylation is 1. The summed E-state index contributed by atoms with van der Waals surface area (Å²) in [6.45, 7) is 1.86. The lowest BCUT2D eigenvalue weighted by Crippen LogP contribution is -2.35. The van der Waals surface area contributed by atoms with Gasteiger partial charge < -0.3 is 9.30 Å². The average Bonchev–Trinajstić information content (AvgIpc) is 3.18. The molecule has 0 saturated carbocycles. The van der Waals surface area contributed by atoms with Gasteiger partial charge >= 0.3 is 0 Å². The number of ether oxygens (including phenoxy) is 1. The van der Waals surface area contributed by atoms with Gasteiger partial charge in [-0.1, -0.05) is 18.2 Å². The van der Waals surface area contributed by atoms with E-state index < -0.39 is 5.41 Å². The number of halogens is 1. The molecule has 0 N–H and O–H groups in total. The van der Waals surface area contributed by atoms with E-state index in [1.165, 1.54) is 4.42 Å². The zero-order valence-electron chi connectivity index (χ0n) is 14.6. The summed E-state index contributed by atoms with van der Waals surface area (Å²) in [4.78, 5) is 21.9. The van der Waals surface area contributed by atoms with Crippen LogP contribution in [-0.4, -0.2) is 27.6 Å². The van der Waals surface area contributed by atoms with Gasteiger partial charge in [0.2, 0.25) is 0 Å². The highest BCUT2D eigenvalue weighted by molar-refractivity contribution is 6.40. The average molecular weight is 369 g/mol. The monoisotopic (exact) mass is 368 g/mol. The van der Waals surface area contributed by atoms with Crippen LogP contribution in [0.4, 0.5) is 5.69 Å². The third-order valence-electron chi connectivity index (χ3n) is 4.94. The number of anilines is 1. The molecule has 0 radical (unpaired) electrons. The molecule has 3 heterocycles. The number of carbonyl (C=O) groups excluding carboxylic acids is 1.